The fourth-order valence-corrected chi connectivity index (χ4v) is 1.25. The molecule has 84 valence electrons. The summed E-state index contributed by atoms with van der Waals surface area (Å²) in [5, 5.41) is 8.78. The molecule has 0 amide bonds. The summed E-state index contributed by atoms with van der Waals surface area (Å²) in [6.07, 6.45) is 1.42. The molecule has 0 aliphatic carbocycles. The molecular formula is C12H8FN3O. The minimum atomic E-state index is -0.357. The van der Waals surface area contributed by atoms with Gasteiger partial charge in [-0.25, -0.2) is 9.37 Å². The number of anilines is 1. The van der Waals surface area contributed by atoms with E-state index in [0.29, 0.717) is 5.75 Å². The Bertz CT molecular complexity index is 575. The molecule has 17 heavy (non-hydrogen) atoms. The van der Waals surface area contributed by atoms with E-state index in [1.165, 1.54) is 36.5 Å². The SMILES string of the molecule is N#Cc1ccnc(Oc2ccc(F)cc2)c1N. The number of hydrogen-bond donors (Lipinski definition) is 1. The van der Waals surface area contributed by atoms with Crippen molar-refractivity contribution in [2.24, 2.45) is 0 Å². The van der Waals surface area contributed by atoms with Gasteiger partial charge < -0.3 is 10.5 Å². The van der Waals surface area contributed by atoms with Gasteiger partial charge in [0.1, 0.15) is 23.3 Å². The molecule has 0 aliphatic rings. The van der Waals surface area contributed by atoms with Crippen LogP contribution in [0.15, 0.2) is 36.5 Å². The van der Waals surface area contributed by atoms with E-state index < -0.39 is 0 Å². The summed E-state index contributed by atoms with van der Waals surface area (Å²) in [7, 11) is 0. The fraction of sp³-hybridized carbons (Fsp3) is 0. The molecule has 2 rings (SSSR count). The van der Waals surface area contributed by atoms with Crippen LogP contribution in [0.4, 0.5) is 10.1 Å². The minimum Gasteiger partial charge on any atom is -0.437 e. The first-order valence-corrected chi connectivity index (χ1v) is 4.78. The normalized spacial score (nSPS) is 9.65. The quantitative estimate of drug-likeness (QED) is 0.858. The van der Waals surface area contributed by atoms with Gasteiger partial charge in [-0.05, 0) is 30.3 Å². The number of halogens is 1. The number of nitriles is 1. The second-order valence-corrected chi connectivity index (χ2v) is 3.25. The zero-order valence-corrected chi connectivity index (χ0v) is 8.72. The highest BCUT2D eigenvalue weighted by molar-refractivity contribution is 5.60. The molecular weight excluding hydrogens is 221 g/mol. The van der Waals surface area contributed by atoms with Gasteiger partial charge in [0.05, 0.1) is 5.56 Å². The average molecular weight is 229 g/mol. The third-order valence-electron chi connectivity index (χ3n) is 2.10. The van der Waals surface area contributed by atoms with E-state index in [0.717, 1.165) is 0 Å². The van der Waals surface area contributed by atoms with Crippen LogP contribution < -0.4 is 10.5 Å². The number of nitrogens with zero attached hydrogens (tertiary/aromatic N) is 2. The Morgan fingerprint density at radius 2 is 1.94 bits per heavy atom. The molecule has 0 saturated heterocycles. The van der Waals surface area contributed by atoms with Gasteiger partial charge in [-0.2, -0.15) is 5.26 Å². The molecule has 1 heterocycles. The first-order valence-electron chi connectivity index (χ1n) is 4.78. The Labute approximate surface area is 97.1 Å². The Morgan fingerprint density at radius 3 is 2.59 bits per heavy atom. The van der Waals surface area contributed by atoms with Gasteiger partial charge in [0.2, 0.25) is 5.88 Å². The summed E-state index contributed by atoms with van der Waals surface area (Å²) >= 11 is 0. The summed E-state index contributed by atoms with van der Waals surface area (Å²) in [5.41, 5.74) is 6.14. The number of hydrogen-bond acceptors (Lipinski definition) is 4. The van der Waals surface area contributed by atoms with Crippen LogP contribution in [0.1, 0.15) is 5.56 Å². The standard InChI is InChI=1S/C12H8FN3O/c13-9-1-3-10(4-2-9)17-12-11(15)8(7-14)5-6-16-12/h1-6H,15H2. The number of nitrogens with two attached hydrogens (primary N) is 1. The van der Waals surface area contributed by atoms with Crippen molar-refractivity contribution < 1.29 is 9.13 Å². The summed E-state index contributed by atoms with van der Waals surface area (Å²) < 4.78 is 18.0. The second kappa shape index (κ2) is 4.49. The van der Waals surface area contributed by atoms with E-state index in [9.17, 15) is 4.39 Å². The molecule has 2 aromatic rings. The van der Waals surface area contributed by atoms with Crippen molar-refractivity contribution in [3.05, 3.63) is 47.9 Å². The molecule has 5 heteroatoms. The van der Waals surface area contributed by atoms with Crippen LogP contribution in [0.5, 0.6) is 11.6 Å². The lowest BCUT2D eigenvalue weighted by Gasteiger charge is -2.07. The molecule has 0 spiro atoms. The van der Waals surface area contributed by atoms with Crippen LogP contribution in [-0.4, -0.2) is 4.98 Å². The van der Waals surface area contributed by atoms with Crippen LogP contribution in [-0.2, 0) is 0 Å². The monoisotopic (exact) mass is 229 g/mol. The Kier molecular flexibility index (Phi) is 2.88. The lowest BCUT2D eigenvalue weighted by molar-refractivity contribution is 0.463. The van der Waals surface area contributed by atoms with E-state index in [4.69, 9.17) is 15.7 Å². The van der Waals surface area contributed by atoms with Crippen LogP contribution in [0.25, 0.3) is 0 Å². The van der Waals surface area contributed by atoms with Gasteiger partial charge in [0, 0.05) is 6.20 Å². The topological polar surface area (TPSA) is 71.9 Å². The first-order chi connectivity index (χ1) is 8.20. The smallest absolute Gasteiger partial charge is 0.244 e. The van der Waals surface area contributed by atoms with Gasteiger partial charge in [0.15, 0.2) is 0 Å². The van der Waals surface area contributed by atoms with E-state index in [1.807, 2.05) is 6.07 Å². The molecule has 0 unspecified atom stereocenters. The molecule has 4 nitrogen and oxygen atoms in total. The number of nitrogen functional groups attached to an aromatic ring is 1. The molecule has 1 aromatic heterocycles. The maximum absolute atomic E-state index is 12.7. The highest BCUT2D eigenvalue weighted by Crippen LogP contribution is 2.27. The first kappa shape index (κ1) is 10.9. The van der Waals surface area contributed by atoms with Crippen molar-refractivity contribution >= 4 is 5.69 Å². The number of aromatic nitrogens is 1. The van der Waals surface area contributed by atoms with E-state index >= 15 is 0 Å². The number of rotatable bonds is 2. The molecule has 2 N–H and O–H groups in total. The average Bonchev–Trinajstić information content (AvgIpc) is 2.35. The predicted molar refractivity (Wildman–Crippen MR) is 59.8 cm³/mol. The highest BCUT2D eigenvalue weighted by atomic mass is 19.1. The fourth-order valence-electron chi connectivity index (χ4n) is 1.25. The predicted octanol–water partition coefficient (Wildman–Crippen LogP) is 2.47. The van der Waals surface area contributed by atoms with Crippen molar-refractivity contribution in [2.45, 2.75) is 0 Å². The lowest BCUT2D eigenvalue weighted by Crippen LogP contribution is -1.97. The maximum atomic E-state index is 12.7. The highest BCUT2D eigenvalue weighted by Gasteiger charge is 2.08. The lowest BCUT2D eigenvalue weighted by atomic mass is 10.2. The van der Waals surface area contributed by atoms with Crippen LogP contribution in [0, 0.1) is 17.1 Å². The van der Waals surface area contributed by atoms with Crippen LogP contribution in [0.3, 0.4) is 0 Å². The van der Waals surface area contributed by atoms with Crippen molar-refractivity contribution in [1.82, 2.24) is 4.98 Å². The maximum Gasteiger partial charge on any atom is 0.244 e. The molecule has 1 aromatic carbocycles. The van der Waals surface area contributed by atoms with Crippen LogP contribution >= 0.6 is 0 Å². The summed E-state index contributed by atoms with van der Waals surface area (Å²) in [6, 6.07) is 8.85. The van der Waals surface area contributed by atoms with Crippen molar-refractivity contribution in [1.29, 1.82) is 5.26 Å². The number of benzene rings is 1. The zero-order valence-electron chi connectivity index (χ0n) is 8.72. The van der Waals surface area contributed by atoms with Gasteiger partial charge in [0.25, 0.3) is 0 Å². The Hall–Kier alpha value is -2.61. The minimum absolute atomic E-state index is 0.135. The molecule has 0 fully saturated rings. The summed E-state index contributed by atoms with van der Waals surface area (Å²) in [6.45, 7) is 0. The van der Waals surface area contributed by atoms with Gasteiger partial charge >= 0.3 is 0 Å². The number of pyridine rings is 1. The molecule has 0 aliphatic heterocycles. The second-order valence-electron chi connectivity index (χ2n) is 3.25. The largest absolute Gasteiger partial charge is 0.437 e. The summed E-state index contributed by atoms with van der Waals surface area (Å²) in [5.74, 6) is 0.181. The third-order valence-corrected chi connectivity index (χ3v) is 2.10. The number of ether oxygens (including phenoxy) is 1. The van der Waals surface area contributed by atoms with Gasteiger partial charge in [-0.1, -0.05) is 0 Å². The zero-order chi connectivity index (χ0) is 12.3. The molecule has 0 bridgehead atoms. The van der Waals surface area contributed by atoms with Crippen molar-refractivity contribution in [2.75, 3.05) is 5.73 Å². The molecule has 0 saturated carbocycles. The van der Waals surface area contributed by atoms with Crippen LogP contribution in [0.2, 0.25) is 0 Å². The van der Waals surface area contributed by atoms with E-state index in [2.05, 4.69) is 4.98 Å². The van der Waals surface area contributed by atoms with Gasteiger partial charge in [-0.3, -0.25) is 0 Å². The Morgan fingerprint density at radius 1 is 1.24 bits per heavy atom. The van der Waals surface area contributed by atoms with E-state index in [1.54, 1.807) is 0 Å². The van der Waals surface area contributed by atoms with E-state index in [-0.39, 0.29) is 22.9 Å². The third kappa shape index (κ3) is 2.32. The molecule has 0 radical (unpaired) electrons. The Balaban J connectivity index is 2.31. The molecule has 0 atom stereocenters. The van der Waals surface area contributed by atoms with Crippen molar-refractivity contribution in [3.8, 4) is 17.7 Å². The summed E-state index contributed by atoms with van der Waals surface area (Å²) in [4.78, 5) is 3.91. The van der Waals surface area contributed by atoms with Gasteiger partial charge in [-0.15, -0.1) is 0 Å². The van der Waals surface area contributed by atoms with Crippen molar-refractivity contribution in [3.63, 3.8) is 0 Å².